The molecule has 2 aromatic heterocycles. The second kappa shape index (κ2) is 7.31. The Bertz CT molecular complexity index is 1070. The lowest BCUT2D eigenvalue weighted by molar-refractivity contribution is 0.102. The molecule has 0 radical (unpaired) electrons. The quantitative estimate of drug-likeness (QED) is 0.757. The Morgan fingerprint density at radius 3 is 2.81 bits per heavy atom. The molecule has 6 heteroatoms. The summed E-state index contributed by atoms with van der Waals surface area (Å²) < 4.78 is 1.80. The van der Waals surface area contributed by atoms with Gasteiger partial charge in [0.15, 0.2) is 0 Å². The maximum absolute atomic E-state index is 12.9. The normalized spacial score (nSPS) is 14.3. The van der Waals surface area contributed by atoms with Crippen molar-refractivity contribution in [2.75, 3.05) is 5.32 Å². The first-order chi connectivity index (χ1) is 13.1. The molecular formula is C21H22N4O2. The van der Waals surface area contributed by atoms with Crippen molar-refractivity contribution in [1.82, 2.24) is 14.5 Å². The van der Waals surface area contributed by atoms with E-state index in [2.05, 4.69) is 10.3 Å². The predicted octanol–water partition coefficient (Wildman–Crippen LogP) is 3.47. The summed E-state index contributed by atoms with van der Waals surface area (Å²) in [5, 5.41) is 3.36. The summed E-state index contributed by atoms with van der Waals surface area (Å²) in [6, 6.07) is 8.76. The molecule has 0 aliphatic carbocycles. The van der Waals surface area contributed by atoms with Crippen molar-refractivity contribution < 1.29 is 4.79 Å². The summed E-state index contributed by atoms with van der Waals surface area (Å²) in [5.41, 5.74) is 2.06. The van der Waals surface area contributed by atoms with Gasteiger partial charge < -0.3 is 5.32 Å². The van der Waals surface area contributed by atoms with E-state index in [1.165, 1.54) is 6.42 Å². The minimum Gasteiger partial charge on any atom is -0.307 e. The zero-order valence-electron chi connectivity index (χ0n) is 15.4. The number of carbonyl (C=O) groups excluding carboxylic acids is 1. The largest absolute Gasteiger partial charge is 0.307 e. The number of carbonyl (C=O) groups is 1. The van der Waals surface area contributed by atoms with Gasteiger partial charge in [0, 0.05) is 24.7 Å². The standard InChI is InChI=1S/C21H22N4O2/c1-14-9-10-22-18(12-14)24-20(26)15-7-8-16-17(13-15)23-19-6-4-2-3-5-11-25(19)21(16)27/h7-10,12-13H,2-6,11H2,1H3,(H,22,24,26). The van der Waals surface area contributed by atoms with Gasteiger partial charge in [-0.25, -0.2) is 9.97 Å². The number of aromatic nitrogens is 3. The molecule has 0 atom stereocenters. The minimum atomic E-state index is -0.261. The molecule has 0 bridgehead atoms. The Labute approximate surface area is 157 Å². The summed E-state index contributed by atoms with van der Waals surface area (Å²) in [6.07, 6.45) is 6.82. The van der Waals surface area contributed by atoms with Crippen LogP contribution in [-0.4, -0.2) is 20.4 Å². The van der Waals surface area contributed by atoms with Crippen LogP contribution in [0.4, 0.5) is 5.82 Å². The van der Waals surface area contributed by atoms with E-state index in [4.69, 9.17) is 4.98 Å². The van der Waals surface area contributed by atoms with Gasteiger partial charge in [0.05, 0.1) is 10.9 Å². The van der Waals surface area contributed by atoms with Crippen molar-refractivity contribution in [3.8, 4) is 0 Å². The Morgan fingerprint density at radius 1 is 1.11 bits per heavy atom. The number of nitrogens with one attached hydrogen (secondary N) is 1. The maximum atomic E-state index is 12.9. The number of pyridine rings is 1. The molecular weight excluding hydrogens is 340 g/mol. The Hall–Kier alpha value is -3.02. The van der Waals surface area contributed by atoms with Gasteiger partial charge in [-0.2, -0.15) is 0 Å². The van der Waals surface area contributed by atoms with Gasteiger partial charge in [-0.3, -0.25) is 14.2 Å². The van der Waals surface area contributed by atoms with E-state index in [1.54, 1.807) is 29.0 Å². The molecule has 3 heterocycles. The van der Waals surface area contributed by atoms with Gasteiger partial charge in [0.25, 0.3) is 11.5 Å². The van der Waals surface area contributed by atoms with Crippen LogP contribution in [0.15, 0.2) is 41.3 Å². The molecule has 0 spiro atoms. The zero-order valence-corrected chi connectivity index (χ0v) is 15.4. The molecule has 0 fully saturated rings. The monoisotopic (exact) mass is 362 g/mol. The van der Waals surface area contributed by atoms with Crippen LogP contribution in [0.25, 0.3) is 10.9 Å². The third kappa shape index (κ3) is 3.60. The topological polar surface area (TPSA) is 76.9 Å². The molecule has 0 unspecified atom stereocenters. The fourth-order valence-corrected chi connectivity index (χ4v) is 3.53. The van der Waals surface area contributed by atoms with Crippen molar-refractivity contribution in [2.45, 2.75) is 45.6 Å². The number of amides is 1. The van der Waals surface area contributed by atoms with E-state index >= 15 is 0 Å². The zero-order chi connectivity index (χ0) is 18.8. The van der Waals surface area contributed by atoms with E-state index in [0.29, 0.717) is 22.3 Å². The van der Waals surface area contributed by atoms with Gasteiger partial charge in [0.2, 0.25) is 0 Å². The Balaban J connectivity index is 1.70. The number of benzene rings is 1. The number of fused-ring (bicyclic) bond motifs is 2. The van der Waals surface area contributed by atoms with Crippen molar-refractivity contribution in [3.05, 3.63) is 63.8 Å². The fraction of sp³-hybridized carbons (Fsp3) is 0.333. The van der Waals surface area contributed by atoms with Crippen LogP contribution in [0, 0.1) is 6.92 Å². The molecule has 3 aromatic rings. The van der Waals surface area contributed by atoms with Crippen molar-refractivity contribution in [3.63, 3.8) is 0 Å². The van der Waals surface area contributed by atoms with Crippen LogP contribution in [0.5, 0.6) is 0 Å². The average Bonchev–Trinajstić information content (AvgIpc) is 2.63. The number of nitrogens with zero attached hydrogens (tertiary/aromatic N) is 3. The van der Waals surface area contributed by atoms with E-state index in [1.807, 2.05) is 19.1 Å². The third-order valence-electron chi connectivity index (χ3n) is 4.99. The molecule has 6 nitrogen and oxygen atoms in total. The highest BCUT2D eigenvalue weighted by atomic mass is 16.1. The SMILES string of the molecule is Cc1ccnc(NC(=O)c2ccc3c(=O)n4c(nc3c2)CCCCCC4)c1. The number of hydrogen-bond donors (Lipinski definition) is 1. The number of aryl methyl sites for hydroxylation is 2. The van der Waals surface area contributed by atoms with Gasteiger partial charge in [-0.05, 0) is 55.7 Å². The van der Waals surface area contributed by atoms with Gasteiger partial charge in [-0.1, -0.05) is 12.8 Å². The van der Waals surface area contributed by atoms with Crippen LogP contribution in [0.1, 0.15) is 47.4 Å². The van der Waals surface area contributed by atoms with E-state index in [0.717, 1.165) is 43.6 Å². The molecule has 0 saturated heterocycles. The summed E-state index contributed by atoms with van der Waals surface area (Å²) in [5.74, 6) is 1.07. The van der Waals surface area contributed by atoms with E-state index < -0.39 is 0 Å². The summed E-state index contributed by atoms with van der Waals surface area (Å²) in [7, 11) is 0. The number of anilines is 1. The second-order valence-electron chi connectivity index (χ2n) is 7.05. The highest BCUT2D eigenvalue weighted by Gasteiger charge is 2.15. The van der Waals surface area contributed by atoms with Crippen LogP contribution in [0.2, 0.25) is 0 Å². The highest BCUT2D eigenvalue weighted by molar-refractivity contribution is 6.05. The first-order valence-electron chi connectivity index (χ1n) is 9.39. The Morgan fingerprint density at radius 2 is 1.96 bits per heavy atom. The van der Waals surface area contributed by atoms with Crippen LogP contribution < -0.4 is 10.9 Å². The molecule has 27 heavy (non-hydrogen) atoms. The molecule has 138 valence electrons. The third-order valence-corrected chi connectivity index (χ3v) is 4.99. The fourth-order valence-electron chi connectivity index (χ4n) is 3.53. The highest BCUT2D eigenvalue weighted by Crippen LogP contribution is 2.17. The molecule has 0 saturated carbocycles. The maximum Gasteiger partial charge on any atom is 0.261 e. The molecule has 1 aliphatic heterocycles. The molecule has 1 N–H and O–H groups in total. The van der Waals surface area contributed by atoms with Gasteiger partial charge in [-0.15, -0.1) is 0 Å². The number of rotatable bonds is 2. The lowest BCUT2D eigenvalue weighted by atomic mass is 10.1. The van der Waals surface area contributed by atoms with E-state index in [-0.39, 0.29) is 11.5 Å². The molecule has 1 aromatic carbocycles. The van der Waals surface area contributed by atoms with Crippen molar-refractivity contribution >= 4 is 22.6 Å². The molecule has 4 rings (SSSR count). The molecule has 1 amide bonds. The van der Waals surface area contributed by atoms with E-state index in [9.17, 15) is 9.59 Å². The summed E-state index contributed by atoms with van der Waals surface area (Å²) >= 11 is 0. The number of hydrogen-bond acceptors (Lipinski definition) is 4. The van der Waals surface area contributed by atoms with Crippen LogP contribution in [-0.2, 0) is 13.0 Å². The lowest BCUT2D eigenvalue weighted by Crippen LogP contribution is -2.26. The Kier molecular flexibility index (Phi) is 4.71. The van der Waals surface area contributed by atoms with Crippen molar-refractivity contribution in [2.24, 2.45) is 0 Å². The van der Waals surface area contributed by atoms with Gasteiger partial charge >= 0.3 is 0 Å². The minimum absolute atomic E-state index is 0.00999. The summed E-state index contributed by atoms with van der Waals surface area (Å²) in [4.78, 5) is 34.3. The predicted molar refractivity (Wildman–Crippen MR) is 105 cm³/mol. The van der Waals surface area contributed by atoms with Crippen LogP contribution >= 0.6 is 0 Å². The molecule has 1 aliphatic rings. The van der Waals surface area contributed by atoms with Crippen LogP contribution in [0.3, 0.4) is 0 Å². The smallest absolute Gasteiger partial charge is 0.261 e. The van der Waals surface area contributed by atoms with Crippen molar-refractivity contribution in [1.29, 1.82) is 0 Å². The second-order valence-corrected chi connectivity index (χ2v) is 7.05. The summed E-state index contributed by atoms with van der Waals surface area (Å²) in [6.45, 7) is 2.66. The first kappa shape index (κ1) is 17.4. The average molecular weight is 362 g/mol. The lowest BCUT2D eigenvalue weighted by Gasteiger charge is -2.16. The van der Waals surface area contributed by atoms with Gasteiger partial charge in [0.1, 0.15) is 11.6 Å². The first-order valence-corrected chi connectivity index (χ1v) is 9.39.